The smallest absolute Gasteiger partial charge is 0.106 e. The summed E-state index contributed by atoms with van der Waals surface area (Å²) in [5.41, 5.74) is 1.78. The van der Waals surface area contributed by atoms with E-state index in [2.05, 4.69) is 47.7 Å². The van der Waals surface area contributed by atoms with Gasteiger partial charge in [0.1, 0.15) is 0 Å². The van der Waals surface area contributed by atoms with Gasteiger partial charge in [-0.05, 0) is 13.3 Å². The maximum atomic E-state index is 2.51. The van der Waals surface area contributed by atoms with E-state index in [4.69, 9.17) is 0 Å². The van der Waals surface area contributed by atoms with Crippen LogP contribution in [0.2, 0.25) is 31.8 Å². The molecule has 0 saturated carbocycles. The molecule has 0 fully saturated rings. The summed E-state index contributed by atoms with van der Waals surface area (Å²) >= 11 is 0. The Bertz CT molecular complexity index is 215. The highest BCUT2D eigenvalue weighted by atomic mass is 28.3. The molecule has 0 saturated heterocycles. The molecule has 0 aromatic carbocycles. The fourth-order valence-electron chi connectivity index (χ4n) is 2.34. The van der Waals surface area contributed by atoms with Crippen LogP contribution in [0.15, 0.2) is 10.7 Å². The molecule has 0 aromatic rings. The average molecular weight is 224 g/mol. The predicted molar refractivity (Wildman–Crippen MR) is 77.7 cm³/mol. The van der Waals surface area contributed by atoms with E-state index in [1.165, 1.54) is 25.1 Å². The maximum absolute atomic E-state index is 2.51. The van der Waals surface area contributed by atoms with Gasteiger partial charge in [-0.25, -0.2) is 0 Å². The summed E-state index contributed by atoms with van der Waals surface area (Å²) in [6.45, 7) is 17.6. The van der Waals surface area contributed by atoms with Crippen LogP contribution >= 0.6 is 0 Å². The third kappa shape index (κ3) is 3.82. The van der Waals surface area contributed by atoms with Crippen molar-refractivity contribution in [2.75, 3.05) is 0 Å². The summed E-state index contributed by atoms with van der Waals surface area (Å²) in [4.78, 5) is 0. The Morgan fingerprint density at radius 3 is 1.73 bits per heavy atom. The van der Waals surface area contributed by atoms with Crippen LogP contribution in [-0.2, 0) is 0 Å². The van der Waals surface area contributed by atoms with E-state index in [0.717, 1.165) is 6.71 Å². The molecule has 0 rings (SSSR count). The van der Waals surface area contributed by atoms with E-state index < -0.39 is 8.07 Å². The van der Waals surface area contributed by atoms with Crippen molar-refractivity contribution in [3.05, 3.63) is 10.7 Å². The molecule has 0 aliphatic rings. The zero-order valence-electron chi connectivity index (χ0n) is 11.9. The van der Waals surface area contributed by atoms with Crippen molar-refractivity contribution < 1.29 is 0 Å². The molecule has 0 atom stereocenters. The van der Waals surface area contributed by atoms with Crippen molar-refractivity contribution in [3.8, 4) is 0 Å². The van der Waals surface area contributed by atoms with Crippen LogP contribution in [0.25, 0.3) is 0 Å². The molecule has 0 bridgehead atoms. The minimum atomic E-state index is -1.08. The highest BCUT2D eigenvalue weighted by Crippen LogP contribution is 2.27. The van der Waals surface area contributed by atoms with Crippen LogP contribution < -0.4 is 0 Å². The van der Waals surface area contributed by atoms with Gasteiger partial charge in [0, 0.05) is 0 Å². The first-order chi connectivity index (χ1) is 6.94. The molecule has 0 N–H and O–H groups in total. The molecule has 88 valence electrons. The SMILES string of the molecule is CCB(CC)/C(CC)=C(/C)[Si](C)(C)CC. The Balaban J connectivity index is 5.12. The van der Waals surface area contributed by atoms with E-state index in [1.807, 2.05) is 0 Å². The topological polar surface area (TPSA) is 0 Å². The first kappa shape index (κ1) is 15.0. The fourth-order valence-corrected chi connectivity index (χ4v) is 4.12. The van der Waals surface area contributed by atoms with E-state index >= 15 is 0 Å². The molecule has 0 unspecified atom stereocenters. The van der Waals surface area contributed by atoms with Crippen LogP contribution in [0.5, 0.6) is 0 Å². The lowest BCUT2D eigenvalue weighted by molar-refractivity contribution is 1.13. The molecule has 0 aromatic heterocycles. The number of hydrogen-bond acceptors (Lipinski definition) is 0. The maximum Gasteiger partial charge on any atom is 0.169 e. The molecular formula is C13H29BSi. The van der Waals surface area contributed by atoms with Gasteiger partial charge in [0.25, 0.3) is 0 Å². The summed E-state index contributed by atoms with van der Waals surface area (Å²) in [6, 6.07) is 1.38. The second-order valence-corrected chi connectivity index (χ2v) is 10.5. The minimum Gasteiger partial charge on any atom is -0.106 e. The first-order valence-corrected chi connectivity index (χ1v) is 9.85. The van der Waals surface area contributed by atoms with Crippen molar-refractivity contribution in [1.29, 1.82) is 0 Å². The Morgan fingerprint density at radius 1 is 1.00 bits per heavy atom. The molecule has 0 aliphatic heterocycles. The van der Waals surface area contributed by atoms with Crippen LogP contribution in [0.4, 0.5) is 0 Å². The van der Waals surface area contributed by atoms with Crippen molar-refractivity contribution in [2.45, 2.75) is 72.8 Å². The van der Waals surface area contributed by atoms with Crippen LogP contribution in [-0.4, -0.2) is 14.8 Å². The van der Waals surface area contributed by atoms with Gasteiger partial charge in [-0.15, -0.1) is 5.47 Å². The van der Waals surface area contributed by atoms with Crippen molar-refractivity contribution in [3.63, 3.8) is 0 Å². The van der Waals surface area contributed by atoms with Crippen molar-refractivity contribution >= 4 is 14.8 Å². The Hall–Kier alpha value is 0.0218. The first-order valence-electron chi connectivity index (χ1n) is 6.64. The monoisotopic (exact) mass is 224 g/mol. The lowest BCUT2D eigenvalue weighted by atomic mass is 9.40. The summed E-state index contributed by atoms with van der Waals surface area (Å²) in [7, 11) is -1.08. The highest BCUT2D eigenvalue weighted by molar-refractivity contribution is 6.86. The third-order valence-corrected chi connectivity index (χ3v) is 8.36. The van der Waals surface area contributed by atoms with Crippen molar-refractivity contribution in [2.24, 2.45) is 0 Å². The zero-order valence-corrected chi connectivity index (χ0v) is 12.9. The Morgan fingerprint density at radius 2 is 1.47 bits per heavy atom. The Kier molecular flexibility index (Phi) is 6.58. The molecule has 15 heavy (non-hydrogen) atoms. The molecular weight excluding hydrogens is 195 g/mol. The molecule has 0 nitrogen and oxygen atoms in total. The predicted octanol–water partition coefficient (Wildman–Crippen LogP) is 5.05. The van der Waals surface area contributed by atoms with Gasteiger partial charge < -0.3 is 0 Å². The normalized spacial score (nSPS) is 13.8. The fraction of sp³-hybridized carbons (Fsp3) is 0.846. The number of hydrogen-bond donors (Lipinski definition) is 0. The van der Waals surface area contributed by atoms with Gasteiger partial charge in [-0.1, -0.05) is 64.7 Å². The summed E-state index contributed by atoms with van der Waals surface area (Å²) in [6.07, 6.45) is 3.88. The van der Waals surface area contributed by atoms with Crippen molar-refractivity contribution in [1.82, 2.24) is 0 Å². The van der Waals surface area contributed by atoms with Gasteiger partial charge in [-0.3, -0.25) is 0 Å². The lowest BCUT2D eigenvalue weighted by Gasteiger charge is -2.27. The number of rotatable bonds is 6. The molecule has 0 aliphatic carbocycles. The highest BCUT2D eigenvalue weighted by Gasteiger charge is 2.25. The summed E-state index contributed by atoms with van der Waals surface area (Å²) in [5, 5.41) is 1.78. The van der Waals surface area contributed by atoms with Gasteiger partial charge in [0.05, 0.1) is 8.07 Å². The summed E-state index contributed by atoms with van der Waals surface area (Å²) in [5.74, 6) is 0. The third-order valence-electron chi connectivity index (χ3n) is 4.24. The summed E-state index contributed by atoms with van der Waals surface area (Å²) < 4.78 is 0. The second kappa shape index (κ2) is 6.57. The van der Waals surface area contributed by atoms with Gasteiger partial charge >= 0.3 is 0 Å². The molecule has 0 heterocycles. The minimum absolute atomic E-state index is 0.841. The Labute approximate surface area is 98.6 Å². The van der Waals surface area contributed by atoms with E-state index in [-0.39, 0.29) is 0 Å². The molecule has 0 radical (unpaired) electrons. The largest absolute Gasteiger partial charge is 0.169 e. The quantitative estimate of drug-likeness (QED) is 0.553. The second-order valence-electron chi connectivity index (χ2n) is 5.25. The van der Waals surface area contributed by atoms with Crippen LogP contribution in [0.3, 0.4) is 0 Å². The van der Waals surface area contributed by atoms with Gasteiger partial charge in [0.15, 0.2) is 6.71 Å². The standard InChI is InChI=1S/C13H29BSi/c1-8-13(14(9-2)10-3)12(5)15(6,7)11-4/h8-11H2,1-7H3/b13-12-. The number of allylic oxidation sites excluding steroid dienone is 2. The van der Waals surface area contributed by atoms with Crippen LogP contribution in [0.1, 0.15) is 41.0 Å². The average Bonchev–Trinajstić information content (AvgIpc) is 2.24. The van der Waals surface area contributed by atoms with E-state index in [0.29, 0.717) is 0 Å². The molecule has 0 amide bonds. The van der Waals surface area contributed by atoms with E-state index in [1.54, 1.807) is 10.7 Å². The van der Waals surface area contributed by atoms with Crippen LogP contribution in [0, 0.1) is 0 Å². The lowest BCUT2D eigenvalue weighted by Crippen LogP contribution is -2.30. The zero-order chi connectivity index (χ0) is 12.1. The van der Waals surface area contributed by atoms with E-state index in [9.17, 15) is 0 Å². The molecule has 2 heteroatoms. The van der Waals surface area contributed by atoms with Gasteiger partial charge in [-0.2, -0.15) is 0 Å². The van der Waals surface area contributed by atoms with Gasteiger partial charge in [0.2, 0.25) is 0 Å². The molecule has 0 spiro atoms.